The highest BCUT2D eigenvalue weighted by molar-refractivity contribution is 9.10. The number of hydrogen-bond acceptors (Lipinski definition) is 3. The van der Waals surface area contributed by atoms with Crippen molar-refractivity contribution < 1.29 is 14.3 Å². The lowest BCUT2D eigenvalue weighted by Gasteiger charge is -2.08. The van der Waals surface area contributed by atoms with Crippen LogP contribution in [0.2, 0.25) is 10.0 Å². The SMILES string of the molecule is O=C(Oc1ccc(C(=O)c2cc(Br)ccc2Cl)cc1)c1cc(Br)ccc1Cl. The Morgan fingerprint density at radius 1 is 0.741 bits per heavy atom. The van der Waals surface area contributed by atoms with Gasteiger partial charge in [0.15, 0.2) is 5.78 Å². The Balaban J connectivity index is 1.79. The van der Waals surface area contributed by atoms with Crippen LogP contribution >= 0.6 is 55.1 Å². The standard InChI is InChI=1S/C20H10Br2Cl2O3/c21-12-3-7-17(23)15(9-12)19(25)11-1-5-14(6-2-11)27-20(26)16-10-13(22)4-8-18(16)24/h1-10H. The van der Waals surface area contributed by atoms with Gasteiger partial charge in [-0.25, -0.2) is 4.79 Å². The Bertz CT molecular complexity index is 1030. The molecular weight excluding hydrogens is 519 g/mol. The van der Waals surface area contributed by atoms with E-state index in [1.807, 2.05) is 0 Å². The molecule has 3 nitrogen and oxygen atoms in total. The first-order valence-electron chi connectivity index (χ1n) is 7.62. The van der Waals surface area contributed by atoms with Crippen molar-refractivity contribution in [1.29, 1.82) is 0 Å². The molecule has 0 aromatic heterocycles. The van der Waals surface area contributed by atoms with Crippen LogP contribution in [0.15, 0.2) is 69.6 Å². The molecule has 0 saturated heterocycles. The molecule has 3 rings (SSSR count). The molecule has 0 amide bonds. The second-order valence-electron chi connectivity index (χ2n) is 5.49. The first-order chi connectivity index (χ1) is 12.8. The number of ketones is 1. The molecule has 7 heteroatoms. The van der Waals surface area contributed by atoms with Gasteiger partial charge < -0.3 is 4.74 Å². The van der Waals surface area contributed by atoms with Gasteiger partial charge in [0.2, 0.25) is 0 Å². The molecule has 3 aromatic rings. The number of rotatable bonds is 4. The fraction of sp³-hybridized carbons (Fsp3) is 0. The van der Waals surface area contributed by atoms with Gasteiger partial charge in [-0.2, -0.15) is 0 Å². The molecule has 0 N–H and O–H groups in total. The van der Waals surface area contributed by atoms with Crippen LogP contribution in [0.4, 0.5) is 0 Å². The van der Waals surface area contributed by atoms with Crippen LogP contribution in [-0.2, 0) is 0 Å². The van der Waals surface area contributed by atoms with Crippen LogP contribution in [0.3, 0.4) is 0 Å². The van der Waals surface area contributed by atoms with Gasteiger partial charge in [0.1, 0.15) is 5.75 Å². The minimum Gasteiger partial charge on any atom is -0.423 e. The maximum Gasteiger partial charge on any atom is 0.345 e. The van der Waals surface area contributed by atoms with Crippen molar-refractivity contribution in [3.05, 3.63) is 96.3 Å². The van der Waals surface area contributed by atoms with Crippen LogP contribution in [0.5, 0.6) is 5.75 Å². The minimum absolute atomic E-state index is 0.228. The molecule has 3 aromatic carbocycles. The molecule has 0 saturated carbocycles. The Hall–Kier alpha value is -1.66. The molecule has 0 radical (unpaired) electrons. The van der Waals surface area contributed by atoms with Crippen LogP contribution in [0, 0.1) is 0 Å². The lowest BCUT2D eigenvalue weighted by Crippen LogP contribution is -2.09. The molecular formula is C20H10Br2Cl2O3. The summed E-state index contributed by atoms with van der Waals surface area (Å²) in [7, 11) is 0. The Labute approximate surface area is 182 Å². The summed E-state index contributed by atoms with van der Waals surface area (Å²) >= 11 is 18.8. The average molecular weight is 529 g/mol. The number of carbonyl (C=O) groups is 2. The van der Waals surface area contributed by atoms with E-state index < -0.39 is 5.97 Å². The van der Waals surface area contributed by atoms with Gasteiger partial charge in [-0.15, -0.1) is 0 Å². The van der Waals surface area contributed by atoms with Gasteiger partial charge in [0.05, 0.1) is 15.6 Å². The Morgan fingerprint density at radius 3 is 1.85 bits per heavy atom. The van der Waals surface area contributed by atoms with Gasteiger partial charge >= 0.3 is 5.97 Å². The van der Waals surface area contributed by atoms with E-state index in [2.05, 4.69) is 31.9 Å². The smallest absolute Gasteiger partial charge is 0.345 e. The third-order valence-corrected chi connectivity index (χ3v) is 5.29. The summed E-state index contributed by atoms with van der Waals surface area (Å²) < 4.78 is 6.80. The average Bonchev–Trinajstić information content (AvgIpc) is 2.65. The Kier molecular flexibility index (Phi) is 6.37. The highest BCUT2D eigenvalue weighted by atomic mass is 79.9. The molecule has 27 heavy (non-hydrogen) atoms. The zero-order chi connectivity index (χ0) is 19.6. The molecule has 0 unspecified atom stereocenters. The predicted octanol–water partition coefficient (Wildman–Crippen LogP) is 6.97. The predicted molar refractivity (Wildman–Crippen MR) is 113 cm³/mol. The topological polar surface area (TPSA) is 43.4 Å². The van der Waals surface area contributed by atoms with Crippen LogP contribution in [0.25, 0.3) is 0 Å². The zero-order valence-electron chi connectivity index (χ0n) is 13.5. The molecule has 136 valence electrons. The number of hydrogen-bond donors (Lipinski definition) is 0. The van der Waals surface area contributed by atoms with Crippen LogP contribution in [0.1, 0.15) is 26.3 Å². The third-order valence-electron chi connectivity index (χ3n) is 3.65. The normalized spacial score (nSPS) is 10.5. The van der Waals surface area contributed by atoms with Crippen molar-refractivity contribution in [1.82, 2.24) is 0 Å². The first-order valence-corrected chi connectivity index (χ1v) is 9.96. The largest absolute Gasteiger partial charge is 0.423 e. The summed E-state index contributed by atoms with van der Waals surface area (Å²) in [5.41, 5.74) is 1.05. The zero-order valence-corrected chi connectivity index (χ0v) is 18.2. The van der Waals surface area contributed by atoms with E-state index in [1.165, 1.54) is 0 Å². The van der Waals surface area contributed by atoms with Gasteiger partial charge in [-0.05, 0) is 60.7 Å². The number of carbonyl (C=O) groups excluding carboxylic acids is 2. The van der Waals surface area contributed by atoms with Crippen molar-refractivity contribution in [3.8, 4) is 5.75 Å². The van der Waals surface area contributed by atoms with Crippen molar-refractivity contribution in [2.24, 2.45) is 0 Å². The molecule has 0 aliphatic heterocycles. The summed E-state index contributed by atoms with van der Waals surface area (Å²) in [4.78, 5) is 24.9. The highest BCUT2D eigenvalue weighted by Gasteiger charge is 2.16. The van der Waals surface area contributed by atoms with E-state index in [-0.39, 0.29) is 11.3 Å². The van der Waals surface area contributed by atoms with Crippen molar-refractivity contribution >= 4 is 66.8 Å². The maximum absolute atomic E-state index is 12.6. The number of ether oxygens (including phenoxy) is 1. The highest BCUT2D eigenvalue weighted by Crippen LogP contribution is 2.26. The van der Waals surface area contributed by atoms with Gasteiger partial charge in [0.25, 0.3) is 0 Å². The number of esters is 1. The molecule has 0 heterocycles. The van der Waals surface area contributed by atoms with E-state index in [9.17, 15) is 9.59 Å². The second-order valence-corrected chi connectivity index (χ2v) is 8.14. The second kappa shape index (κ2) is 8.57. The molecule has 0 bridgehead atoms. The van der Waals surface area contributed by atoms with Gasteiger partial charge in [-0.3, -0.25) is 4.79 Å². The molecule has 0 fully saturated rings. The fourth-order valence-electron chi connectivity index (χ4n) is 2.32. The van der Waals surface area contributed by atoms with E-state index in [0.29, 0.717) is 31.4 Å². The van der Waals surface area contributed by atoms with Crippen LogP contribution < -0.4 is 4.74 Å². The van der Waals surface area contributed by atoms with Crippen molar-refractivity contribution in [2.75, 3.05) is 0 Å². The monoisotopic (exact) mass is 526 g/mol. The summed E-state index contributed by atoms with van der Waals surface area (Å²) in [6.45, 7) is 0. The van der Waals surface area contributed by atoms with Crippen molar-refractivity contribution in [2.45, 2.75) is 0 Å². The summed E-state index contributed by atoms with van der Waals surface area (Å²) in [6, 6.07) is 16.2. The number of benzene rings is 3. The van der Waals surface area contributed by atoms with Gasteiger partial charge in [-0.1, -0.05) is 55.1 Å². The fourth-order valence-corrected chi connectivity index (χ4v) is 3.44. The lowest BCUT2D eigenvalue weighted by atomic mass is 10.0. The van der Waals surface area contributed by atoms with Gasteiger partial charge in [0, 0.05) is 20.1 Å². The molecule has 0 aliphatic rings. The van der Waals surface area contributed by atoms with E-state index >= 15 is 0 Å². The molecule has 0 spiro atoms. The van der Waals surface area contributed by atoms with E-state index in [0.717, 1.165) is 4.47 Å². The third kappa shape index (κ3) is 4.79. The summed E-state index contributed by atoms with van der Waals surface area (Å²) in [5.74, 6) is -0.516. The molecule has 0 atom stereocenters. The van der Waals surface area contributed by atoms with Crippen molar-refractivity contribution in [3.63, 3.8) is 0 Å². The quantitative estimate of drug-likeness (QED) is 0.209. The van der Waals surface area contributed by atoms with Crippen LogP contribution in [-0.4, -0.2) is 11.8 Å². The summed E-state index contributed by atoms with van der Waals surface area (Å²) in [6.07, 6.45) is 0. The summed E-state index contributed by atoms with van der Waals surface area (Å²) in [5, 5.41) is 0.655. The lowest BCUT2D eigenvalue weighted by molar-refractivity contribution is 0.0735. The Morgan fingerprint density at radius 2 is 1.26 bits per heavy atom. The van der Waals surface area contributed by atoms with E-state index in [4.69, 9.17) is 27.9 Å². The first kappa shape index (κ1) is 20.1. The van der Waals surface area contributed by atoms with E-state index in [1.54, 1.807) is 60.7 Å². The minimum atomic E-state index is -0.588. The number of halogens is 4. The maximum atomic E-state index is 12.6. The molecule has 0 aliphatic carbocycles.